The van der Waals surface area contributed by atoms with Crippen molar-refractivity contribution in [3.63, 3.8) is 0 Å². The summed E-state index contributed by atoms with van der Waals surface area (Å²) >= 11 is 0. The van der Waals surface area contributed by atoms with E-state index in [-0.39, 0.29) is 40.4 Å². The van der Waals surface area contributed by atoms with Gasteiger partial charge < -0.3 is 93.7 Å². The molecule has 3 aliphatic heterocycles. The topological polar surface area (TPSA) is 317 Å². The van der Waals surface area contributed by atoms with Crippen molar-refractivity contribution in [1.82, 2.24) is 0 Å². The van der Waals surface area contributed by atoms with Crippen molar-refractivity contribution in [1.29, 1.82) is 0 Å². The van der Waals surface area contributed by atoms with Gasteiger partial charge in [-0.15, -0.1) is 0 Å². The van der Waals surface area contributed by atoms with Gasteiger partial charge in [0.05, 0.1) is 25.9 Å². The molecule has 11 N–H and O–H groups in total. The van der Waals surface area contributed by atoms with Gasteiger partial charge in [0.25, 0.3) is 0 Å². The highest BCUT2D eigenvalue weighted by Gasteiger charge is 2.51. The van der Waals surface area contributed by atoms with Gasteiger partial charge in [-0.25, -0.2) is 0 Å². The molecule has 0 unspecified atom stereocenters. The van der Waals surface area contributed by atoms with Crippen molar-refractivity contribution in [2.45, 2.75) is 126 Å². The summed E-state index contributed by atoms with van der Waals surface area (Å²) in [7, 11) is 1.31. The van der Waals surface area contributed by atoms with Crippen LogP contribution in [0.3, 0.4) is 0 Å². The van der Waals surface area contributed by atoms with Crippen molar-refractivity contribution < 1.29 is 93.7 Å². The second-order valence-electron chi connectivity index (χ2n) is 14.9. The highest BCUT2D eigenvalue weighted by atomic mass is 16.8. The fourth-order valence-corrected chi connectivity index (χ4v) is 7.02. The van der Waals surface area contributed by atoms with E-state index < -0.39 is 127 Å². The number of aliphatic hydroxyl groups is 9. The van der Waals surface area contributed by atoms with Crippen LogP contribution in [0.2, 0.25) is 0 Å². The monoisotopic (exact) mass is 838 g/mol. The largest absolute Gasteiger partial charge is 0.507 e. The Morgan fingerprint density at radius 1 is 0.729 bits per heavy atom. The molecular weight excluding hydrogens is 788 g/mol. The number of rotatable bonds is 11. The van der Waals surface area contributed by atoms with Crippen LogP contribution in [0.1, 0.15) is 33.3 Å². The van der Waals surface area contributed by atoms with E-state index >= 15 is 0 Å². The van der Waals surface area contributed by atoms with E-state index in [2.05, 4.69) is 0 Å². The zero-order valence-corrected chi connectivity index (χ0v) is 32.6. The van der Waals surface area contributed by atoms with E-state index in [1.807, 2.05) is 0 Å². The van der Waals surface area contributed by atoms with Crippen LogP contribution >= 0.6 is 0 Å². The summed E-state index contributed by atoms with van der Waals surface area (Å²) in [6.45, 7) is 5.59. The fraction of sp³-hybridized carbons (Fsp3) is 0.564. The molecule has 0 saturated carbocycles. The Labute approximate surface area is 336 Å². The number of phenolic OH excluding ortho intramolecular Hbond substituents is 2. The SMILES string of the molecule is COc1ccc(-c2oc3c(CC=C(C)C)c(O[C@H]4O[C@H](CO)[C@@H](O)[C@H](O)[C@H]4O)cc(O)c3c(=O)c2O[C@H]2O[C@H](C)[C@@H](O)[C@H](O)[C@@H]2O[C@H]2O[C@H](C)[C@@H](O)[C@H](O)[C@@H]2O)cc1O. The number of phenols is 2. The number of fused-ring (bicyclic) bond motifs is 1. The number of ether oxygens (including phenoxy) is 7. The summed E-state index contributed by atoms with van der Waals surface area (Å²) in [5.41, 5.74) is -0.426. The van der Waals surface area contributed by atoms with Crippen molar-refractivity contribution >= 4 is 11.0 Å². The number of aromatic hydroxyl groups is 2. The predicted octanol–water partition coefficient (Wildman–Crippen LogP) is -1.37. The molecule has 3 fully saturated rings. The summed E-state index contributed by atoms with van der Waals surface area (Å²) in [6, 6.07) is 4.95. The van der Waals surface area contributed by atoms with Crippen LogP contribution in [0.5, 0.6) is 28.7 Å². The van der Waals surface area contributed by atoms with E-state index in [0.29, 0.717) is 0 Å². The average molecular weight is 839 g/mol. The molecule has 4 heterocycles. The Kier molecular flexibility index (Phi) is 13.4. The zero-order valence-electron chi connectivity index (χ0n) is 32.6. The first-order valence-corrected chi connectivity index (χ1v) is 18.7. The highest BCUT2D eigenvalue weighted by molar-refractivity contribution is 5.91. The molecule has 20 heteroatoms. The van der Waals surface area contributed by atoms with Gasteiger partial charge in [-0.05, 0) is 52.3 Å². The Balaban J connectivity index is 1.52. The fourth-order valence-electron chi connectivity index (χ4n) is 7.02. The van der Waals surface area contributed by atoms with Gasteiger partial charge in [0.2, 0.25) is 23.8 Å². The molecule has 3 saturated heterocycles. The van der Waals surface area contributed by atoms with E-state index in [4.69, 9.17) is 37.6 Å². The highest BCUT2D eigenvalue weighted by Crippen LogP contribution is 2.43. The average Bonchev–Trinajstić information content (AvgIpc) is 3.19. The molecule has 59 heavy (non-hydrogen) atoms. The molecular formula is C39H50O20. The van der Waals surface area contributed by atoms with Crippen LogP contribution in [0.15, 0.2) is 45.1 Å². The Hall–Kier alpha value is -4.13. The summed E-state index contributed by atoms with van der Waals surface area (Å²) in [6.07, 6.45) is -22.8. The maximum Gasteiger partial charge on any atom is 0.239 e. The van der Waals surface area contributed by atoms with Crippen molar-refractivity contribution in [2.24, 2.45) is 0 Å². The number of allylic oxidation sites excluding steroid dienone is 2. The lowest BCUT2D eigenvalue weighted by Crippen LogP contribution is -2.63. The number of hydrogen-bond acceptors (Lipinski definition) is 20. The van der Waals surface area contributed by atoms with Crippen LogP contribution < -0.4 is 19.6 Å². The summed E-state index contributed by atoms with van der Waals surface area (Å²) < 4.78 is 46.5. The molecule has 0 radical (unpaired) electrons. The molecule has 0 bridgehead atoms. The summed E-state index contributed by atoms with van der Waals surface area (Å²) in [5, 5.41) is 116. The second-order valence-corrected chi connectivity index (χ2v) is 14.9. The lowest BCUT2D eigenvalue weighted by Gasteiger charge is -2.45. The van der Waals surface area contributed by atoms with Crippen LogP contribution in [0, 0.1) is 0 Å². The van der Waals surface area contributed by atoms with Crippen LogP contribution in [-0.2, 0) is 25.4 Å². The van der Waals surface area contributed by atoms with Gasteiger partial charge in [0, 0.05) is 17.2 Å². The van der Waals surface area contributed by atoms with Gasteiger partial charge in [0.1, 0.15) is 77.4 Å². The third kappa shape index (κ3) is 8.59. The smallest absolute Gasteiger partial charge is 0.239 e. The quantitative estimate of drug-likeness (QED) is 0.0992. The zero-order chi connectivity index (χ0) is 43.2. The van der Waals surface area contributed by atoms with Crippen LogP contribution in [0.25, 0.3) is 22.3 Å². The molecule has 15 atom stereocenters. The van der Waals surface area contributed by atoms with Gasteiger partial charge in [-0.2, -0.15) is 0 Å². The van der Waals surface area contributed by atoms with Crippen LogP contribution in [-0.4, -0.2) is 162 Å². The van der Waals surface area contributed by atoms with Gasteiger partial charge in [0.15, 0.2) is 29.7 Å². The Bertz CT molecular complexity index is 2050. The lowest BCUT2D eigenvalue weighted by molar-refractivity contribution is -0.352. The van der Waals surface area contributed by atoms with Gasteiger partial charge in [-0.3, -0.25) is 4.79 Å². The maximum atomic E-state index is 14.8. The second kappa shape index (κ2) is 17.8. The van der Waals surface area contributed by atoms with Gasteiger partial charge in [-0.1, -0.05) is 11.6 Å². The number of hydrogen-bond donors (Lipinski definition) is 11. The molecule has 0 spiro atoms. The van der Waals surface area contributed by atoms with E-state index in [1.165, 1.54) is 39.2 Å². The lowest BCUT2D eigenvalue weighted by atomic mass is 9.98. The predicted molar refractivity (Wildman–Crippen MR) is 200 cm³/mol. The number of aliphatic hydroxyl groups excluding tert-OH is 9. The van der Waals surface area contributed by atoms with Crippen molar-refractivity contribution in [2.75, 3.05) is 13.7 Å². The minimum absolute atomic E-state index is 0.00379. The molecule has 2 aromatic carbocycles. The minimum Gasteiger partial charge on any atom is -0.507 e. The number of methoxy groups -OCH3 is 1. The van der Waals surface area contributed by atoms with Crippen molar-refractivity contribution in [3.05, 3.63) is 51.7 Å². The Morgan fingerprint density at radius 2 is 1.36 bits per heavy atom. The molecule has 326 valence electrons. The molecule has 6 rings (SSSR count). The molecule has 3 aliphatic rings. The normalized spacial score (nSPS) is 35.0. The molecule has 20 nitrogen and oxygen atoms in total. The standard InChI is InChI=1S/C39H50O20/c1-13(2)6-8-17-21(55-38-32(51)29(48)26(45)22(12-40)56-38)11-19(42)23-27(46)35(33(57-34(17)23)16-7-9-20(52-5)18(41)10-16)58-39-36(30(49)25(44)15(4)54-39)59-37-31(50)28(47)24(43)14(3)53-37/h6-7,9-11,14-15,22,24-26,28-32,36-45,47-51H,8,12H2,1-5H3/t14-,15-,22-,24-,25-,26-,28+,29+,30+,31+,32-,36+,37-,38+,39-/m1/s1. The van der Waals surface area contributed by atoms with E-state index in [0.717, 1.165) is 11.6 Å². The molecule has 3 aromatic rings. The molecule has 0 amide bonds. The third-order valence-corrected chi connectivity index (χ3v) is 10.5. The van der Waals surface area contributed by atoms with E-state index in [1.54, 1.807) is 19.9 Å². The summed E-state index contributed by atoms with van der Waals surface area (Å²) in [5.74, 6) is -2.37. The first-order chi connectivity index (χ1) is 27.9. The molecule has 0 aliphatic carbocycles. The Morgan fingerprint density at radius 3 is 1.98 bits per heavy atom. The number of benzene rings is 2. The van der Waals surface area contributed by atoms with Gasteiger partial charge >= 0.3 is 0 Å². The third-order valence-electron chi connectivity index (χ3n) is 10.5. The van der Waals surface area contributed by atoms with E-state index in [9.17, 15) is 61.0 Å². The maximum absolute atomic E-state index is 14.8. The van der Waals surface area contributed by atoms with Crippen molar-refractivity contribution in [3.8, 4) is 40.1 Å². The molecule has 1 aromatic heterocycles. The van der Waals surface area contributed by atoms with Crippen LogP contribution in [0.4, 0.5) is 0 Å². The summed E-state index contributed by atoms with van der Waals surface area (Å²) in [4.78, 5) is 14.8. The first kappa shape index (κ1) is 44.4. The first-order valence-electron chi connectivity index (χ1n) is 18.7. The minimum atomic E-state index is -1.86.